The molecule has 0 radical (unpaired) electrons. The van der Waals surface area contributed by atoms with Gasteiger partial charge < -0.3 is 32.5 Å². The number of aromatic nitrogens is 3. The smallest absolute Gasteiger partial charge is 0.235 e. The van der Waals surface area contributed by atoms with E-state index in [-0.39, 0.29) is 28.8 Å². The highest BCUT2D eigenvalue weighted by Gasteiger charge is 2.18. The molecule has 0 spiro atoms. The molecule has 0 aliphatic rings. The summed E-state index contributed by atoms with van der Waals surface area (Å²) in [6.45, 7) is 2.32. The lowest BCUT2D eigenvalue weighted by Crippen LogP contribution is -2.12. The highest BCUT2D eigenvalue weighted by atomic mass is 19.1. The fraction of sp³-hybridized carbons (Fsp3) is 0.191. The summed E-state index contributed by atoms with van der Waals surface area (Å²) in [4.78, 5) is 26.0. The van der Waals surface area contributed by atoms with Crippen LogP contribution in [0.15, 0.2) is 146 Å². The van der Waals surface area contributed by atoms with E-state index in [1.54, 1.807) is 54.3 Å². The van der Waals surface area contributed by atoms with Crippen molar-refractivity contribution >= 4 is 21.9 Å². The van der Waals surface area contributed by atoms with Crippen LogP contribution >= 0.6 is 0 Å². The second-order valence-electron chi connectivity index (χ2n) is 13.8. The molecule has 8 aromatic rings. The van der Waals surface area contributed by atoms with Crippen LogP contribution in [-0.4, -0.2) is 48.5 Å². The molecule has 0 bridgehead atoms. The minimum Gasteiger partial charge on any atom is -0.497 e. The summed E-state index contributed by atoms with van der Waals surface area (Å²) in [5.41, 5.74) is 3.24. The van der Waals surface area contributed by atoms with Crippen molar-refractivity contribution in [1.29, 1.82) is 0 Å². The van der Waals surface area contributed by atoms with Crippen molar-refractivity contribution in [2.24, 2.45) is 0 Å². The van der Waals surface area contributed by atoms with Gasteiger partial charge in [0.15, 0.2) is 11.2 Å². The molecule has 0 aliphatic heterocycles. The first-order chi connectivity index (χ1) is 29.4. The van der Waals surface area contributed by atoms with Gasteiger partial charge in [-0.2, -0.15) is 0 Å². The molecule has 3 aromatic heterocycles. The number of benzene rings is 5. The molecule has 3 heterocycles. The number of ether oxygens (including phenoxy) is 5. The third kappa shape index (κ3) is 9.54. The maximum Gasteiger partial charge on any atom is 0.235 e. The van der Waals surface area contributed by atoms with Crippen LogP contribution in [-0.2, 0) is 24.3 Å². The molecule has 12 nitrogen and oxygen atoms in total. The van der Waals surface area contributed by atoms with Gasteiger partial charge in [0.05, 0.1) is 49.9 Å². The number of methoxy groups -OCH3 is 1. The van der Waals surface area contributed by atoms with E-state index in [1.165, 1.54) is 24.3 Å². The highest BCUT2D eigenvalue weighted by molar-refractivity contribution is 5.82. The van der Waals surface area contributed by atoms with Crippen LogP contribution in [0, 0.1) is 5.82 Å². The Morgan fingerprint density at radius 3 is 2.28 bits per heavy atom. The zero-order valence-electron chi connectivity index (χ0n) is 32.7. The Balaban J connectivity index is 0.759. The molecule has 0 aliphatic carbocycles. The second kappa shape index (κ2) is 18.6. The van der Waals surface area contributed by atoms with Crippen LogP contribution in [0.5, 0.6) is 23.0 Å². The number of hydrogen-bond donors (Lipinski definition) is 0. The molecule has 5 aromatic carbocycles. The van der Waals surface area contributed by atoms with Crippen LogP contribution in [0.25, 0.3) is 44.6 Å². The molecule has 0 N–H and O–H groups in total. The summed E-state index contributed by atoms with van der Waals surface area (Å²) in [5.74, 6) is 2.36. The number of nitrogens with zero attached hydrogens (tertiary/aromatic N) is 3. The molecular formula is C47H40FN3O9. The first-order valence-corrected chi connectivity index (χ1v) is 19.4. The van der Waals surface area contributed by atoms with Crippen molar-refractivity contribution < 1.29 is 36.9 Å². The van der Waals surface area contributed by atoms with Gasteiger partial charge in [0.25, 0.3) is 0 Å². The summed E-state index contributed by atoms with van der Waals surface area (Å²) in [6, 6.07) is 34.3. The number of halogens is 1. The normalized spacial score (nSPS) is 11.2. The van der Waals surface area contributed by atoms with E-state index in [0.717, 1.165) is 17.7 Å². The third-order valence-corrected chi connectivity index (χ3v) is 9.61. The molecule has 60 heavy (non-hydrogen) atoms. The summed E-state index contributed by atoms with van der Waals surface area (Å²) < 4.78 is 56.4. The van der Waals surface area contributed by atoms with Gasteiger partial charge in [-0.1, -0.05) is 29.5 Å². The Labute approximate surface area is 343 Å². The summed E-state index contributed by atoms with van der Waals surface area (Å²) >= 11 is 0. The largest absolute Gasteiger partial charge is 0.497 e. The van der Waals surface area contributed by atoms with Gasteiger partial charge in [-0.15, -0.1) is 5.10 Å². The number of hydrogen-bond acceptors (Lipinski definition) is 11. The quantitative estimate of drug-likeness (QED) is 0.0770. The van der Waals surface area contributed by atoms with Crippen molar-refractivity contribution in [2.45, 2.75) is 26.0 Å². The number of rotatable bonds is 18. The van der Waals surface area contributed by atoms with Crippen molar-refractivity contribution in [2.75, 3.05) is 33.5 Å². The molecule has 304 valence electrons. The Hall–Kier alpha value is -7.25. The summed E-state index contributed by atoms with van der Waals surface area (Å²) in [7, 11) is 1.60. The zero-order chi connectivity index (χ0) is 41.3. The molecule has 0 amide bonds. The Morgan fingerprint density at radius 1 is 0.683 bits per heavy atom. The lowest BCUT2D eigenvalue weighted by Gasteiger charge is -2.13. The van der Waals surface area contributed by atoms with E-state index in [0.29, 0.717) is 95.6 Å². The average Bonchev–Trinajstić information content (AvgIpc) is 3.73. The van der Waals surface area contributed by atoms with Crippen LogP contribution < -0.4 is 29.8 Å². The van der Waals surface area contributed by atoms with Crippen molar-refractivity contribution in [3.8, 4) is 45.6 Å². The Kier molecular flexibility index (Phi) is 12.2. The van der Waals surface area contributed by atoms with Gasteiger partial charge >= 0.3 is 0 Å². The fourth-order valence-corrected chi connectivity index (χ4v) is 6.54. The number of aryl methyl sites for hydroxylation is 1. The van der Waals surface area contributed by atoms with Gasteiger partial charge in [0, 0.05) is 29.5 Å². The van der Waals surface area contributed by atoms with Gasteiger partial charge in [0.2, 0.25) is 11.2 Å². The third-order valence-electron chi connectivity index (χ3n) is 9.61. The van der Waals surface area contributed by atoms with Gasteiger partial charge in [0.1, 0.15) is 53.2 Å². The van der Waals surface area contributed by atoms with E-state index in [9.17, 15) is 14.0 Å². The predicted molar refractivity (Wildman–Crippen MR) is 223 cm³/mol. The number of para-hydroxylation sites is 1. The lowest BCUT2D eigenvalue weighted by molar-refractivity contribution is 0.0923. The summed E-state index contributed by atoms with van der Waals surface area (Å²) in [6.07, 6.45) is 3.32. The average molecular weight is 810 g/mol. The van der Waals surface area contributed by atoms with E-state index in [1.807, 2.05) is 60.8 Å². The topological polar surface area (TPSA) is 137 Å². The van der Waals surface area contributed by atoms with Gasteiger partial charge in [-0.3, -0.25) is 9.59 Å². The van der Waals surface area contributed by atoms with E-state index in [4.69, 9.17) is 32.5 Å². The molecule has 0 saturated heterocycles. The van der Waals surface area contributed by atoms with Crippen LogP contribution in [0.1, 0.15) is 17.7 Å². The first kappa shape index (κ1) is 39.6. The molecule has 0 atom stereocenters. The molecule has 0 saturated carbocycles. The fourth-order valence-electron chi connectivity index (χ4n) is 6.54. The number of fused-ring (bicyclic) bond motifs is 2. The van der Waals surface area contributed by atoms with E-state index in [2.05, 4.69) is 10.3 Å². The predicted octanol–water partition coefficient (Wildman–Crippen LogP) is 8.66. The second-order valence-corrected chi connectivity index (χ2v) is 13.8. The monoisotopic (exact) mass is 809 g/mol. The molecule has 8 rings (SSSR count). The molecule has 13 heteroatoms. The highest BCUT2D eigenvalue weighted by Crippen LogP contribution is 2.33. The molecule has 0 fully saturated rings. The maximum absolute atomic E-state index is 13.7. The van der Waals surface area contributed by atoms with Gasteiger partial charge in [-0.25, -0.2) is 9.07 Å². The van der Waals surface area contributed by atoms with E-state index >= 15 is 0 Å². The maximum atomic E-state index is 13.7. The molecular weight excluding hydrogens is 770 g/mol. The van der Waals surface area contributed by atoms with Crippen LogP contribution in [0.4, 0.5) is 4.39 Å². The van der Waals surface area contributed by atoms with E-state index < -0.39 is 5.82 Å². The Bertz CT molecular complexity index is 2840. The van der Waals surface area contributed by atoms with Crippen LogP contribution in [0.3, 0.4) is 0 Å². The standard InChI is InChI=1S/C47H40FN3O9/c1-54-38-8-4-6-31(26-38)30-58-47-45(53)40-9-2-3-10-42(40)60-46(47)33-13-18-37(19-14-33)57-25-24-55-23-21-51-29-35(49-50-51)7-5-22-56-36-16-11-32(12-17-36)43-28-41(52)39-20-15-34(48)27-44(39)59-43/h2-4,6,8-20,26-29H,5,7,21-25,30H2,1H3. The molecule has 0 unspecified atom stereocenters. The lowest BCUT2D eigenvalue weighted by atomic mass is 10.1. The zero-order valence-corrected chi connectivity index (χ0v) is 32.7. The van der Waals surface area contributed by atoms with Crippen LogP contribution in [0.2, 0.25) is 0 Å². The SMILES string of the molecule is COc1cccc(COc2c(-c3ccc(OCCOCCn4cc(CCCOc5ccc(-c6cc(=O)c7ccc(F)cc7o6)cc5)nn4)cc3)oc3ccccc3c2=O)c1. The minimum atomic E-state index is -0.469. The Morgan fingerprint density at radius 2 is 1.47 bits per heavy atom. The minimum absolute atomic E-state index is 0.129. The van der Waals surface area contributed by atoms with Crippen molar-refractivity contribution in [3.63, 3.8) is 0 Å². The first-order valence-electron chi connectivity index (χ1n) is 19.4. The van der Waals surface area contributed by atoms with Crippen molar-refractivity contribution in [1.82, 2.24) is 15.0 Å². The summed E-state index contributed by atoms with van der Waals surface area (Å²) in [5, 5.41) is 9.23. The van der Waals surface area contributed by atoms with Crippen molar-refractivity contribution in [3.05, 3.63) is 165 Å². The van der Waals surface area contributed by atoms with Gasteiger partial charge in [-0.05, 0) is 103 Å².